The predicted octanol–water partition coefficient (Wildman–Crippen LogP) is 2.49. The fraction of sp³-hybridized carbons (Fsp3) is 0.636. The van der Waals surface area contributed by atoms with Crippen LogP contribution in [-0.2, 0) is 30.4 Å². The molecule has 0 unspecified atom stereocenters. The summed E-state index contributed by atoms with van der Waals surface area (Å²) in [5, 5.41) is 39.4. The van der Waals surface area contributed by atoms with Crippen molar-refractivity contribution in [3.05, 3.63) is 47.5 Å². The summed E-state index contributed by atoms with van der Waals surface area (Å²) < 4.78 is 4.86. The van der Waals surface area contributed by atoms with Gasteiger partial charge in [0.25, 0.3) is 5.91 Å². The van der Waals surface area contributed by atoms with E-state index in [2.05, 4.69) is 17.4 Å². The summed E-state index contributed by atoms with van der Waals surface area (Å²) in [5.74, 6) is -1.32. The zero-order valence-electron chi connectivity index (χ0n) is 25.3. The number of ketones is 1. The van der Waals surface area contributed by atoms with Crippen molar-refractivity contribution in [2.24, 2.45) is 33.7 Å². The monoisotopic (exact) mass is 596 g/mol. The number of carbonyl (C=O) groups is 3. The van der Waals surface area contributed by atoms with Crippen LogP contribution in [0.3, 0.4) is 0 Å². The van der Waals surface area contributed by atoms with E-state index in [1.54, 1.807) is 0 Å². The lowest BCUT2D eigenvalue weighted by molar-refractivity contribution is -0.181. The number of hydrogen-bond acceptors (Lipinski definition) is 9. The van der Waals surface area contributed by atoms with E-state index in [0.29, 0.717) is 32.1 Å². The Morgan fingerprint density at radius 2 is 1.86 bits per heavy atom. The van der Waals surface area contributed by atoms with E-state index in [0.717, 1.165) is 30.5 Å². The van der Waals surface area contributed by atoms with Crippen molar-refractivity contribution in [1.82, 2.24) is 5.32 Å². The molecule has 3 fully saturated rings. The van der Waals surface area contributed by atoms with Crippen molar-refractivity contribution in [3.63, 3.8) is 0 Å². The average molecular weight is 597 g/mol. The number of Topliss-reactive ketones (excluding diaryl/α,β-unsaturated/α-hetero) is 1. The van der Waals surface area contributed by atoms with Crippen LogP contribution in [0.15, 0.2) is 47.1 Å². The van der Waals surface area contributed by atoms with Crippen LogP contribution in [0.2, 0.25) is 0 Å². The second-order valence-corrected chi connectivity index (χ2v) is 13.3. The summed E-state index contributed by atoms with van der Waals surface area (Å²) in [5.41, 5.74) is 0.181. The maximum Gasteiger partial charge on any atom is 0.328 e. The maximum atomic E-state index is 12.6. The summed E-state index contributed by atoms with van der Waals surface area (Å²) in [6.07, 6.45) is 6.00. The lowest BCUT2D eigenvalue weighted by atomic mass is 9.45. The predicted molar refractivity (Wildman–Crippen MR) is 158 cm³/mol. The molecule has 234 valence electrons. The zero-order chi connectivity index (χ0) is 31.0. The van der Waals surface area contributed by atoms with E-state index >= 15 is 0 Å². The zero-order valence-corrected chi connectivity index (χ0v) is 25.3. The molecule has 0 bridgehead atoms. The van der Waals surface area contributed by atoms with E-state index < -0.39 is 47.4 Å². The quantitative estimate of drug-likeness (QED) is 0.250. The van der Waals surface area contributed by atoms with Gasteiger partial charge < -0.3 is 30.2 Å². The number of amides is 1. The normalized spacial score (nSPS) is 36.4. The molecule has 1 amide bonds. The van der Waals surface area contributed by atoms with Gasteiger partial charge in [-0.3, -0.25) is 9.59 Å². The van der Waals surface area contributed by atoms with Crippen molar-refractivity contribution < 1.29 is 39.3 Å². The highest BCUT2D eigenvalue weighted by Gasteiger charge is 2.68. The number of carbonyl (C=O) groups excluding carboxylic acids is 3. The number of allylic oxidation sites excluding steroid dienone is 2. The van der Waals surface area contributed by atoms with E-state index in [-0.39, 0.29) is 29.8 Å². The second-order valence-electron chi connectivity index (χ2n) is 13.3. The second kappa shape index (κ2) is 12.1. The van der Waals surface area contributed by atoms with Gasteiger partial charge in [0.15, 0.2) is 12.4 Å². The smallest absolute Gasteiger partial charge is 0.328 e. The van der Waals surface area contributed by atoms with Crippen molar-refractivity contribution in [3.8, 4) is 0 Å². The summed E-state index contributed by atoms with van der Waals surface area (Å²) >= 11 is 0. The number of oxime groups is 1. The fourth-order valence-electron chi connectivity index (χ4n) is 8.96. The van der Waals surface area contributed by atoms with Gasteiger partial charge in [-0.2, -0.15) is 0 Å². The molecule has 4 aliphatic rings. The first-order valence-corrected chi connectivity index (χ1v) is 15.3. The lowest BCUT2D eigenvalue weighted by Crippen LogP contribution is -2.62. The van der Waals surface area contributed by atoms with Gasteiger partial charge in [-0.25, -0.2) is 4.79 Å². The Balaban J connectivity index is 1.23. The van der Waals surface area contributed by atoms with Crippen LogP contribution in [0.4, 0.5) is 0 Å². The van der Waals surface area contributed by atoms with Crippen LogP contribution in [0, 0.1) is 28.6 Å². The van der Waals surface area contributed by atoms with E-state index in [1.807, 2.05) is 43.3 Å². The first kappa shape index (κ1) is 31.3. The number of hydrogen-bond donors (Lipinski definition) is 4. The fourth-order valence-corrected chi connectivity index (χ4v) is 8.96. The molecule has 0 spiro atoms. The van der Waals surface area contributed by atoms with Gasteiger partial charge in [0, 0.05) is 11.8 Å². The first-order chi connectivity index (χ1) is 20.5. The Morgan fingerprint density at radius 3 is 2.56 bits per heavy atom. The maximum absolute atomic E-state index is 12.6. The molecule has 4 aliphatic carbocycles. The van der Waals surface area contributed by atoms with Gasteiger partial charge in [-0.05, 0) is 79.8 Å². The highest BCUT2D eigenvalue weighted by Crippen LogP contribution is 2.67. The lowest BCUT2D eigenvalue weighted by Gasteiger charge is -2.60. The third-order valence-electron chi connectivity index (χ3n) is 11.1. The van der Waals surface area contributed by atoms with Crippen LogP contribution in [-0.4, -0.2) is 76.8 Å². The number of aliphatic hydroxyl groups excluding tert-OH is 2. The van der Waals surface area contributed by atoms with Crippen molar-refractivity contribution in [2.75, 3.05) is 20.3 Å². The van der Waals surface area contributed by atoms with Crippen LogP contribution < -0.4 is 5.32 Å². The molecule has 5 rings (SSSR count). The Morgan fingerprint density at radius 1 is 1.12 bits per heavy atom. The highest BCUT2D eigenvalue weighted by molar-refractivity contribution is 5.96. The highest BCUT2D eigenvalue weighted by atomic mass is 16.6. The number of fused-ring (bicyclic) bond motifs is 5. The molecule has 4 N–H and O–H groups in total. The van der Waals surface area contributed by atoms with Crippen molar-refractivity contribution in [1.29, 1.82) is 0 Å². The number of esters is 1. The van der Waals surface area contributed by atoms with Gasteiger partial charge in [-0.15, -0.1) is 0 Å². The number of ether oxygens (including phenoxy) is 1. The third kappa shape index (κ3) is 5.53. The number of nitrogens with one attached hydrogen (secondary N) is 1. The molecular formula is C33H44N2O8. The minimum Gasteiger partial charge on any atom is -0.467 e. The number of benzene rings is 1. The summed E-state index contributed by atoms with van der Waals surface area (Å²) in [6, 6.07) is 8.51. The van der Waals surface area contributed by atoms with Gasteiger partial charge in [0.05, 0.1) is 18.9 Å². The molecule has 1 aromatic carbocycles. The van der Waals surface area contributed by atoms with E-state index in [4.69, 9.17) is 9.57 Å². The minimum atomic E-state index is -1.61. The molecule has 0 saturated heterocycles. The van der Waals surface area contributed by atoms with Crippen LogP contribution in [0.25, 0.3) is 0 Å². The first-order valence-electron chi connectivity index (χ1n) is 15.3. The van der Waals surface area contributed by atoms with Gasteiger partial charge in [-0.1, -0.05) is 54.9 Å². The number of nitrogens with zero attached hydrogens (tertiary/aromatic N) is 1. The Bertz CT molecular complexity index is 1300. The summed E-state index contributed by atoms with van der Waals surface area (Å²) in [4.78, 5) is 42.9. The molecule has 0 aromatic heterocycles. The number of aliphatic hydroxyl groups is 3. The Kier molecular flexibility index (Phi) is 8.84. The van der Waals surface area contributed by atoms with Crippen LogP contribution >= 0.6 is 0 Å². The molecule has 10 heteroatoms. The van der Waals surface area contributed by atoms with Crippen LogP contribution in [0.5, 0.6) is 0 Å². The van der Waals surface area contributed by atoms with Gasteiger partial charge in [0.2, 0.25) is 0 Å². The van der Waals surface area contributed by atoms with Crippen molar-refractivity contribution >= 4 is 23.4 Å². The minimum absolute atomic E-state index is 0.00901. The largest absolute Gasteiger partial charge is 0.467 e. The summed E-state index contributed by atoms with van der Waals surface area (Å²) in [6.45, 7) is 3.08. The molecule has 8 atom stereocenters. The Labute approximate surface area is 252 Å². The molecular weight excluding hydrogens is 552 g/mol. The van der Waals surface area contributed by atoms with E-state index in [9.17, 15) is 29.7 Å². The molecule has 0 radical (unpaired) electrons. The van der Waals surface area contributed by atoms with E-state index in [1.165, 1.54) is 12.7 Å². The molecule has 3 saturated carbocycles. The summed E-state index contributed by atoms with van der Waals surface area (Å²) in [7, 11) is 1.28. The molecule has 0 heterocycles. The van der Waals surface area contributed by atoms with Gasteiger partial charge in [0.1, 0.15) is 18.2 Å². The van der Waals surface area contributed by atoms with Gasteiger partial charge >= 0.3 is 5.97 Å². The topological polar surface area (TPSA) is 155 Å². The average Bonchev–Trinajstić information content (AvgIpc) is 3.26. The SMILES string of the molecule is COC(=O)[C@@H](Cc1ccccc1)NC(=O)CO/N=C1/C=C2CC[C@@H]3[C@H]([C@@H](O)C[C@@]4(C)[C@H]3CC[C@]4(O)C(=O)CO)[C@@]2(C)CC1. The molecule has 0 aliphatic heterocycles. The molecule has 43 heavy (non-hydrogen) atoms. The standard InChI is InChI=1S/C33H44N2O8/c1-31-13-11-22(35-43-19-28(39)34-25(30(40)42-3)15-20-7-5-4-6-8-20)16-21(31)9-10-23-24-12-14-33(41,27(38)18-36)32(24,2)17-26(37)29(23)31/h4-8,16,23-26,29,36-37,41H,9-15,17-19H2,1-3H3,(H,34,39)/b35-22+/t23-,24-,25+,26-,29+,31-,32-,33-/m0/s1. The van der Waals surface area contributed by atoms with Crippen molar-refractivity contribution in [2.45, 2.75) is 83.0 Å². The number of methoxy groups -OCH3 is 1. The third-order valence-corrected chi connectivity index (χ3v) is 11.1. The number of rotatable bonds is 9. The molecule has 10 nitrogen and oxygen atoms in total. The van der Waals surface area contributed by atoms with Crippen LogP contribution in [0.1, 0.15) is 64.4 Å². The Hall–Kier alpha value is -3.08. The molecule has 1 aromatic rings.